The van der Waals surface area contributed by atoms with Gasteiger partial charge in [0.05, 0.1) is 12.7 Å². The van der Waals surface area contributed by atoms with Crippen molar-refractivity contribution in [1.82, 2.24) is 4.31 Å². The van der Waals surface area contributed by atoms with E-state index in [4.69, 9.17) is 9.15 Å². The van der Waals surface area contributed by atoms with E-state index in [1.54, 1.807) is 18.2 Å². The van der Waals surface area contributed by atoms with Gasteiger partial charge in [-0.05, 0) is 30.3 Å². The van der Waals surface area contributed by atoms with Gasteiger partial charge in [0.2, 0.25) is 5.09 Å². The van der Waals surface area contributed by atoms with Gasteiger partial charge in [-0.2, -0.15) is 0 Å². The van der Waals surface area contributed by atoms with Crippen molar-refractivity contribution in [1.29, 1.82) is 0 Å². The van der Waals surface area contributed by atoms with E-state index in [9.17, 15) is 13.2 Å². The number of carbonyl (C=O) groups is 1. The summed E-state index contributed by atoms with van der Waals surface area (Å²) in [4.78, 5) is 11.4. The zero-order valence-electron chi connectivity index (χ0n) is 13.0. The van der Waals surface area contributed by atoms with E-state index in [2.05, 4.69) is 4.74 Å². The molecular formula is C15H17NO6S. The molecule has 0 aliphatic carbocycles. The minimum absolute atomic E-state index is 0.0353. The van der Waals surface area contributed by atoms with Crippen LogP contribution in [0.5, 0.6) is 5.75 Å². The number of rotatable bonds is 6. The number of hydrogen-bond acceptors (Lipinski definition) is 6. The zero-order chi connectivity index (χ0) is 17.0. The van der Waals surface area contributed by atoms with Crippen molar-refractivity contribution in [2.45, 2.75) is 11.7 Å². The van der Waals surface area contributed by atoms with Crippen LogP contribution < -0.4 is 4.74 Å². The van der Waals surface area contributed by atoms with Crippen molar-refractivity contribution in [2.75, 3.05) is 21.2 Å². The van der Waals surface area contributed by atoms with E-state index in [-0.39, 0.29) is 11.7 Å². The number of furan rings is 1. The lowest BCUT2D eigenvalue weighted by atomic mass is 10.2. The van der Waals surface area contributed by atoms with E-state index >= 15 is 0 Å². The molecule has 0 N–H and O–H groups in total. The molecule has 0 bridgehead atoms. The normalized spacial score (nSPS) is 11.5. The molecule has 1 heterocycles. The summed E-state index contributed by atoms with van der Waals surface area (Å²) in [6.45, 7) is 0.0353. The SMILES string of the molecule is COC(=O)c1cccc(OCc2ccc(S(=O)(=O)N(C)C)o2)c1. The monoisotopic (exact) mass is 339 g/mol. The molecular weight excluding hydrogens is 322 g/mol. The number of ether oxygens (including phenoxy) is 2. The summed E-state index contributed by atoms with van der Waals surface area (Å²) in [5.74, 6) is 0.336. The molecule has 1 aromatic heterocycles. The summed E-state index contributed by atoms with van der Waals surface area (Å²) >= 11 is 0. The first-order valence-electron chi connectivity index (χ1n) is 6.67. The van der Waals surface area contributed by atoms with Gasteiger partial charge in [-0.1, -0.05) is 6.07 Å². The summed E-state index contributed by atoms with van der Waals surface area (Å²) in [5, 5.41) is -0.149. The average Bonchev–Trinajstić information content (AvgIpc) is 3.02. The molecule has 8 heteroatoms. The van der Waals surface area contributed by atoms with Gasteiger partial charge in [0.15, 0.2) is 0 Å². The highest BCUT2D eigenvalue weighted by Gasteiger charge is 2.21. The number of esters is 1. The summed E-state index contributed by atoms with van der Waals surface area (Å²) in [5.41, 5.74) is 0.361. The quantitative estimate of drug-likeness (QED) is 0.747. The second-order valence-corrected chi connectivity index (χ2v) is 6.90. The van der Waals surface area contributed by atoms with E-state index in [1.807, 2.05) is 0 Å². The maximum Gasteiger partial charge on any atom is 0.337 e. The van der Waals surface area contributed by atoms with Crippen molar-refractivity contribution in [3.8, 4) is 5.75 Å². The first-order chi connectivity index (χ1) is 10.8. The fourth-order valence-electron chi connectivity index (χ4n) is 1.74. The van der Waals surface area contributed by atoms with Gasteiger partial charge >= 0.3 is 5.97 Å². The first kappa shape index (κ1) is 17.0. The molecule has 7 nitrogen and oxygen atoms in total. The van der Waals surface area contributed by atoms with Crippen LogP contribution in [-0.2, 0) is 21.4 Å². The molecule has 124 valence electrons. The molecule has 0 amide bonds. The van der Waals surface area contributed by atoms with E-state index in [1.165, 1.54) is 39.4 Å². The number of benzene rings is 1. The van der Waals surface area contributed by atoms with E-state index < -0.39 is 16.0 Å². The molecule has 0 spiro atoms. The van der Waals surface area contributed by atoms with Gasteiger partial charge in [0, 0.05) is 14.1 Å². The number of carbonyl (C=O) groups excluding carboxylic acids is 1. The minimum atomic E-state index is -3.61. The second kappa shape index (κ2) is 6.84. The van der Waals surface area contributed by atoms with E-state index in [0.717, 1.165) is 4.31 Å². The minimum Gasteiger partial charge on any atom is -0.486 e. The third-order valence-corrected chi connectivity index (χ3v) is 4.70. The highest BCUT2D eigenvalue weighted by atomic mass is 32.2. The third kappa shape index (κ3) is 3.91. The van der Waals surface area contributed by atoms with Crippen molar-refractivity contribution in [3.63, 3.8) is 0 Å². The van der Waals surface area contributed by atoms with Crippen molar-refractivity contribution in [3.05, 3.63) is 47.7 Å². The standard InChI is InChI=1S/C15H17NO6S/c1-16(2)23(18,19)14-8-7-13(22-14)10-21-12-6-4-5-11(9-12)15(17)20-3/h4-9H,10H2,1-3H3. The molecule has 2 rings (SSSR count). The van der Waals surface area contributed by atoms with Crippen molar-refractivity contribution in [2.24, 2.45) is 0 Å². The van der Waals surface area contributed by atoms with Gasteiger partial charge < -0.3 is 13.9 Å². The van der Waals surface area contributed by atoms with Crippen LogP contribution in [0.1, 0.15) is 16.1 Å². The summed E-state index contributed by atoms with van der Waals surface area (Å²) in [6, 6.07) is 9.37. The second-order valence-electron chi connectivity index (χ2n) is 4.82. The topological polar surface area (TPSA) is 86.0 Å². The first-order valence-corrected chi connectivity index (χ1v) is 8.11. The Morgan fingerprint density at radius 3 is 2.61 bits per heavy atom. The van der Waals surface area contributed by atoms with Crippen LogP contribution in [0.2, 0.25) is 0 Å². The van der Waals surface area contributed by atoms with Crippen LogP contribution in [0.4, 0.5) is 0 Å². The lowest BCUT2D eigenvalue weighted by molar-refractivity contribution is 0.0600. The van der Waals surface area contributed by atoms with Gasteiger partial charge in [0.25, 0.3) is 10.0 Å². The number of hydrogen-bond donors (Lipinski definition) is 0. The Labute approximate surface area is 134 Å². The Morgan fingerprint density at radius 1 is 1.22 bits per heavy atom. The van der Waals surface area contributed by atoms with Crippen molar-refractivity contribution < 1.29 is 27.1 Å². The molecule has 1 aromatic carbocycles. The lowest BCUT2D eigenvalue weighted by Crippen LogP contribution is -2.21. The molecule has 0 saturated heterocycles. The average molecular weight is 339 g/mol. The van der Waals surface area contributed by atoms with Crippen LogP contribution in [0, 0.1) is 0 Å². The number of nitrogens with zero attached hydrogens (tertiary/aromatic N) is 1. The number of sulfonamides is 1. The largest absolute Gasteiger partial charge is 0.486 e. The molecule has 0 aliphatic heterocycles. The summed E-state index contributed by atoms with van der Waals surface area (Å²) in [7, 11) is 0.533. The van der Waals surface area contributed by atoms with E-state index in [0.29, 0.717) is 17.1 Å². The maximum absolute atomic E-state index is 11.9. The molecule has 0 radical (unpaired) electrons. The predicted molar refractivity (Wildman–Crippen MR) is 81.7 cm³/mol. The highest BCUT2D eigenvalue weighted by Crippen LogP contribution is 2.20. The summed E-state index contributed by atoms with van der Waals surface area (Å²) in [6.07, 6.45) is 0. The Balaban J connectivity index is 2.08. The Hall–Kier alpha value is -2.32. The smallest absolute Gasteiger partial charge is 0.337 e. The van der Waals surface area contributed by atoms with Crippen LogP contribution in [-0.4, -0.2) is 39.9 Å². The van der Waals surface area contributed by atoms with Crippen LogP contribution in [0.3, 0.4) is 0 Å². The molecule has 0 saturated carbocycles. The molecule has 0 fully saturated rings. The Bertz CT molecular complexity index is 794. The van der Waals surface area contributed by atoms with Crippen LogP contribution in [0.25, 0.3) is 0 Å². The van der Waals surface area contributed by atoms with Gasteiger partial charge in [-0.25, -0.2) is 17.5 Å². The molecule has 0 atom stereocenters. The lowest BCUT2D eigenvalue weighted by Gasteiger charge is -2.08. The molecule has 23 heavy (non-hydrogen) atoms. The van der Waals surface area contributed by atoms with Gasteiger partial charge in [-0.15, -0.1) is 0 Å². The van der Waals surface area contributed by atoms with Crippen LogP contribution >= 0.6 is 0 Å². The third-order valence-electron chi connectivity index (χ3n) is 3.01. The number of methoxy groups -OCH3 is 1. The highest BCUT2D eigenvalue weighted by molar-refractivity contribution is 7.88. The fourth-order valence-corrected chi connectivity index (χ4v) is 2.55. The van der Waals surface area contributed by atoms with Crippen molar-refractivity contribution >= 4 is 16.0 Å². The molecule has 0 aliphatic rings. The van der Waals surface area contributed by atoms with Crippen LogP contribution in [0.15, 0.2) is 45.9 Å². The maximum atomic E-state index is 11.9. The van der Waals surface area contributed by atoms with Gasteiger partial charge in [0.1, 0.15) is 18.1 Å². The fraction of sp³-hybridized carbons (Fsp3) is 0.267. The molecule has 2 aromatic rings. The Morgan fingerprint density at radius 2 is 1.96 bits per heavy atom. The molecule has 0 unspecified atom stereocenters. The zero-order valence-corrected chi connectivity index (χ0v) is 13.8. The Kier molecular flexibility index (Phi) is 5.07. The van der Waals surface area contributed by atoms with Gasteiger partial charge in [-0.3, -0.25) is 0 Å². The summed E-state index contributed by atoms with van der Waals surface area (Å²) < 4.78 is 40.3. The predicted octanol–water partition coefficient (Wildman–Crippen LogP) is 1.90.